The number of imidazole rings is 1. The van der Waals surface area contributed by atoms with Crippen molar-refractivity contribution in [2.75, 3.05) is 13.2 Å². The van der Waals surface area contributed by atoms with E-state index in [0.717, 1.165) is 23.3 Å². The quantitative estimate of drug-likeness (QED) is 0.588. The predicted octanol–water partition coefficient (Wildman–Crippen LogP) is 2.20. The summed E-state index contributed by atoms with van der Waals surface area (Å²) in [4.78, 5) is 4.50. The average Bonchev–Trinajstić information content (AvgIpc) is 3.06. The van der Waals surface area contributed by atoms with E-state index in [1.165, 1.54) is 0 Å². The van der Waals surface area contributed by atoms with Crippen LogP contribution in [0.5, 0.6) is 0 Å². The highest BCUT2D eigenvalue weighted by Crippen LogP contribution is 2.17. The first-order chi connectivity index (χ1) is 12.2. The van der Waals surface area contributed by atoms with Crippen molar-refractivity contribution in [3.8, 4) is 0 Å². The van der Waals surface area contributed by atoms with Gasteiger partial charge in [-0.3, -0.25) is 0 Å². The zero-order chi connectivity index (χ0) is 17.6. The van der Waals surface area contributed by atoms with Crippen molar-refractivity contribution >= 4 is 5.52 Å². The maximum atomic E-state index is 10.5. The molecule has 5 nitrogen and oxygen atoms in total. The normalized spacial score (nSPS) is 15.2. The second-order valence-corrected chi connectivity index (χ2v) is 6.53. The van der Waals surface area contributed by atoms with E-state index in [0.29, 0.717) is 12.5 Å². The molecule has 3 rings (SSSR count). The van der Waals surface area contributed by atoms with E-state index in [-0.39, 0.29) is 12.6 Å². The maximum absolute atomic E-state index is 10.5. The Bertz CT molecular complexity index is 788. The monoisotopic (exact) mass is 339 g/mol. The molecule has 0 aliphatic heterocycles. The summed E-state index contributed by atoms with van der Waals surface area (Å²) in [6.07, 6.45) is 3.99. The number of rotatable bonds is 8. The molecule has 0 spiro atoms. The Balaban J connectivity index is 1.58. The van der Waals surface area contributed by atoms with Gasteiger partial charge in [-0.25, -0.2) is 4.98 Å². The van der Waals surface area contributed by atoms with Gasteiger partial charge in [0.15, 0.2) is 0 Å². The number of hydrogen-bond donors (Lipinski definition) is 3. The molecule has 3 N–H and O–H groups in total. The van der Waals surface area contributed by atoms with Crippen molar-refractivity contribution in [2.45, 2.75) is 25.5 Å². The van der Waals surface area contributed by atoms with Crippen molar-refractivity contribution in [1.82, 2.24) is 14.7 Å². The number of aliphatic hydroxyl groups excluding tert-OH is 2. The Morgan fingerprint density at radius 1 is 1.12 bits per heavy atom. The number of benzene rings is 1. The largest absolute Gasteiger partial charge is 0.395 e. The first kappa shape index (κ1) is 17.6. The van der Waals surface area contributed by atoms with Gasteiger partial charge in [-0.05, 0) is 30.2 Å². The van der Waals surface area contributed by atoms with Gasteiger partial charge in [-0.2, -0.15) is 0 Å². The average molecular weight is 339 g/mol. The Morgan fingerprint density at radius 2 is 1.88 bits per heavy atom. The minimum atomic E-state index is -0.731. The summed E-state index contributed by atoms with van der Waals surface area (Å²) >= 11 is 0. The third-order valence-electron chi connectivity index (χ3n) is 4.49. The summed E-state index contributed by atoms with van der Waals surface area (Å²) in [7, 11) is 0. The first-order valence-electron chi connectivity index (χ1n) is 8.67. The van der Waals surface area contributed by atoms with Crippen LogP contribution in [0, 0.1) is 5.92 Å². The summed E-state index contributed by atoms with van der Waals surface area (Å²) in [5.74, 6) is 1.34. The molecule has 3 atom stereocenters. The van der Waals surface area contributed by atoms with Crippen LogP contribution in [0.2, 0.25) is 0 Å². The van der Waals surface area contributed by atoms with Crippen molar-refractivity contribution in [1.29, 1.82) is 0 Å². The van der Waals surface area contributed by atoms with Crippen molar-refractivity contribution in [2.24, 2.45) is 5.92 Å². The molecular weight excluding hydrogens is 314 g/mol. The van der Waals surface area contributed by atoms with Crippen LogP contribution in [0.25, 0.3) is 5.52 Å². The number of pyridine rings is 1. The lowest BCUT2D eigenvalue weighted by molar-refractivity contribution is 0.0880. The Labute approximate surface area is 148 Å². The molecule has 2 heterocycles. The number of nitrogens with zero attached hydrogens (tertiary/aromatic N) is 2. The zero-order valence-corrected chi connectivity index (χ0v) is 14.4. The van der Waals surface area contributed by atoms with E-state index >= 15 is 0 Å². The molecular formula is C20H25N3O2. The van der Waals surface area contributed by atoms with Gasteiger partial charge in [-0.1, -0.05) is 43.3 Å². The predicted molar refractivity (Wildman–Crippen MR) is 98.3 cm³/mol. The first-order valence-corrected chi connectivity index (χ1v) is 8.67. The second-order valence-electron chi connectivity index (χ2n) is 6.53. The molecule has 0 saturated heterocycles. The molecule has 5 heteroatoms. The fourth-order valence-corrected chi connectivity index (χ4v) is 3.05. The molecule has 2 aromatic heterocycles. The smallest absolute Gasteiger partial charge is 0.113 e. The van der Waals surface area contributed by atoms with Gasteiger partial charge in [0, 0.05) is 12.6 Å². The molecule has 0 radical (unpaired) electrons. The number of fused-ring (bicyclic) bond motifs is 1. The van der Waals surface area contributed by atoms with Crippen molar-refractivity contribution < 1.29 is 10.2 Å². The minimum Gasteiger partial charge on any atom is -0.395 e. The molecule has 25 heavy (non-hydrogen) atoms. The van der Waals surface area contributed by atoms with E-state index < -0.39 is 6.10 Å². The Hall–Kier alpha value is -2.21. The van der Waals surface area contributed by atoms with Crippen LogP contribution < -0.4 is 5.32 Å². The third-order valence-corrected chi connectivity index (χ3v) is 4.49. The fourth-order valence-electron chi connectivity index (χ4n) is 3.05. The highest BCUT2D eigenvalue weighted by molar-refractivity contribution is 5.45. The topological polar surface area (TPSA) is 69.8 Å². The SMILES string of the molecule is CC(CNC(CO)C(O)c1ccccc1)Cc1ncc2ccccn12. The van der Waals surface area contributed by atoms with Gasteiger partial charge in [0.2, 0.25) is 0 Å². The number of nitrogens with one attached hydrogen (secondary N) is 1. The van der Waals surface area contributed by atoms with Crippen LogP contribution in [-0.2, 0) is 6.42 Å². The van der Waals surface area contributed by atoms with E-state index in [9.17, 15) is 10.2 Å². The van der Waals surface area contributed by atoms with Crippen LogP contribution in [0.4, 0.5) is 0 Å². The van der Waals surface area contributed by atoms with E-state index in [1.807, 2.05) is 60.9 Å². The van der Waals surface area contributed by atoms with Gasteiger partial charge in [0.25, 0.3) is 0 Å². The molecule has 0 amide bonds. The summed E-state index contributed by atoms with van der Waals surface area (Å²) in [5, 5.41) is 23.4. The standard InChI is InChI=1S/C20H25N3O2/c1-15(11-19-22-13-17-9-5-6-10-23(17)19)12-21-18(14-24)20(25)16-7-3-2-4-8-16/h2-10,13,15,18,20-21,24-25H,11-12,14H2,1H3. The highest BCUT2D eigenvalue weighted by atomic mass is 16.3. The van der Waals surface area contributed by atoms with E-state index in [4.69, 9.17) is 0 Å². The summed E-state index contributed by atoms with van der Waals surface area (Å²) in [6, 6.07) is 15.1. The maximum Gasteiger partial charge on any atom is 0.113 e. The van der Waals surface area contributed by atoms with Crippen LogP contribution in [-0.4, -0.2) is 38.8 Å². The van der Waals surface area contributed by atoms with E-state index in [2.05, 4.69) is 21.6 Å². The number of aliphatic hydroxyl groups is 2. The molecule has 0 aliphatic carbocycles. The van der Waals surface area contributed by atoms with Crippen molar-refractivity contribution in [3.63, 3.8) is 0 Å². The Morgan fingerprint density at radius 3 is 2.64 bits per heavy atom. The van der Waals surface area contributed by atoms with Crippen LogP contribution in [0.1, 0.15) is 24.4 Å². The fraction of sp³-hybridized carbons (Fsp3) is 0.350. The number of hydrogen-bond acceptors (Lipinski definition) is 4. The van der Waals surface area contributed by atoms with Crippen LogP contribution >= 0.6 is 0 Å². The number of aromatic nitrogens is 2. The molecule has 3 aromatic rings. The summed E-state index contributed by atoms with van der Waals surface area (Å²) in [6.45, 7) is 2.71. The molecule has 132 valence electrons. The zero-order valence-electron chi connectivity index (χ0n) is 14.4. The summed E-state index contributed by atoms with van der Waals surface area (Å²) < 4.78 is 2.10. The molecule has 0 bridgehead atoms. The highest BCUT2D eigenvalue weighted by Gasteiger charge is 2.20. The van der Waals surface area contributed by atoms with Gasteiger partial charge in [-0.15, -0.1) is 0 Å². The van der Waals surface area contributed by atoms with Gasteiger partial charge >= 0.3 is 0 Å². The molecule has 0 aliphatic rings. The van der Waals surface area contributed by atoms with Gasteiger partial charge in [0.1, 0.15) is 5.82 Å². The molecule has 0 fully saturated rings. The lowest BCUT2D eigenvalue weighted by Gasteiger charge is -2.24. The van der Waals surface area contributed by atoms with Gasteiger partial charge in [0.05, 0.1) is 30.5 Å². The summed E-state index contributed by atoms with van der Waals surface area (Å²) in [5.41, 5.74) is 1.89. The van der Waals surface area contributed by atoms with Crippen molar-refractivity contribution in [3.05, 3.63) is 72.3 Å². The van der Waals surface area contributed by atoms with E-state index in [1.54, 1.807) is 0 Å². The minimum absolute atomic E-state index is 0.116. The Kier molecular flexibility index (Phi) is 5.81. The van der Waals surface area contributed by atoms with Gasteiger partial charge < -0.3 is 19.9 Å². The molecule has 0 saturated carbocycles. The lowest BCUT2D eigenvalue weighted by Crippen LogP contribution is -2.40. The lowest BCUT2D eigenvalue weighted by atomic mass is 10.0. The van der Waals surface area contributed by atoms with Crippen LogP contribution in [0.15, 0.2) is 60.9 Å². The van der Waals surface area contributed by atoms with Crippen LogP contribution in [0.3, 0.4) is 0 Å². The second kappa shape index (κ2) is 8.25. The molecule has 1 aromatic carbocycles. The molecule has 3 unspecified atom stereocenters. The third kappa shape index (κ3) is 4.25.